The van der Waals surface area contributed by atoms with Crippen LogP contribution >= 0.6 is 15.9 Å². The van der Waals surface area contributed by atoms with E-state index < -0.39 is 0 Å². The molecule has 5 rings (SSSR count). The van der Waals surface area contributed by atoms with Gasteiger partial charge in [0.15, 0.2) is 11.5 Å². The molecule has 1 amide bonds. The van der Waals surface area contributed by atoms with Crippen LogP contribution in [0.15, 0.2) is 18.2 Å². The van der Waals surface area contributed by atoms with E-state index >= 15 is 0 Å². The van der Waals surface area contributed by atoms with Gasteiger partial charge in [-0.25, -0.2) is 0 Å². The molecule has 4 aliphatic rings. The Kier molecular flexibility index (Phi) is 5.17. The Balaban J connectivity index is 1.30. The average molecular weight is 436 g/mol. The predicted octanol–water partition coefficient (Wildman–Crippen LogP) is 4.49. The zero-order chi connectivity index (χ0) is 19.1. The van der Waals surface area contributed by atoms with Crippen LogP contribution in [0.25, 0.3) is 0 Å². The smallest absolute Gasteiger partial charge is 0.220 e. The number of hydrogen-bond donors (Lipinski definition) is 1. The van der Waals surface area contributed by atoms with Crippen molar-refractivity contribution in [1.82, 2.24) is 5.32 Å². The molecule has 0 aliphatic heterocycles. The summed E-state index contributed by atoms with van der Waals surface area (Å²) >= 11 is 4.04. The summed E-state index contributed by atoms with van der Waals surface area (Å²) in [4.78, 5) is 12.7. The van der Waals surface area contributed by atoms with E-state index in [1.807, 2.05) is 18.2 Å². The van der Waals surface area contributed by atoms with E-state index in [9.17, 15) is 4.79 Å². The van der Waals surface area contributed by atoms with Crippen LogP contribution in [0.4, 0.5) is 0 Å². The molecular weight excluding hydrogens is 406 g/mol. The largest absolute Gasteiger partial charge is 0.493 e. The van der Waals surface area contributed by atoms with Crippen molar-refractivity contribution < 1.29 is 14.3 Å². The second-order valence-electron chi connectivity index (χ2n) is 9.08. The number of alkyl halides is 1. The van der Waals surface area contributed by atoms with E-state index in [1.54, 1.807) is 14.2 Å². The van der Waals surface area contributed by atoms with Gasteiger partial charge in [-0.3, -0.25) is 4.79 Å². The number of benzene rings is 1. The van der Waals surface area contributed by atoms with Gasteiger partial charge in [0.05, 0.1) is 14.2 Å². The fourth-order valence-corrected chi connectivity index (χ4v) is 7.84. The Hall–Kier alpha value is -1.23. The minimum atomic E-state index is 0.216. The number of amides is 1. The lowest BCUT2D eigenvalue weighted by Gasteiger charge is -2.60. The van der Waals surface area contributed by atoms with E-state index in [0.29, 0.717) is 17.3 Å². The van der Waals surface area contributed by atoms with Gasteiger partial charge in [0.25, 0.3) is 0 Å². The summed E-state index contributed by atoms with van der Waals surface area (Å²) in [6.45, 7) is 0.663. The third kappa shape index (κ3) is 3.98. The fraction of sp³-hybridized carbons (Fsp3) is 0.682. The topological polar surface area (TPSA) is 47.6 Å². The quantitative estimate of drug-likeness (QED) is 0.641. The van der Waals surface area contributed by atoms with Crippen LogP contribution in [0.2, 0.25) is 0 Å². The van der Waals surface area contributed by atoms with E-state index in [2.05, 4.69) is 21.2 Å². The van der Waals surface area contributed by atoms with E-state index in [0.717, 1.165) is 35.3 Å². The number of hydrogen-bond acceptors (Lipinski definition) is 3. The van der Waals surface area contributed by atoms with Crippen LogP contribution in [-0.2, 0) is 11.2 Å². The second-order valence-corrected chi connectivity index (χ2v) is 10.8. The van der Waals surface area contributed by atoms with Gasteiger partial charge in [0.1, 0.15) is 0 Å². The monoisotopic (exact) mass is 435 g/mol. The molecule has 4 saturated carbocycles. The van der Waals surface area contributed by atoms with Crippen molar-refractivity contribution in [3.05, 3.63) is 23.8 Å². The molecule has 0 aromatic heterocycles. The van der Waals surface area contributed by atoms with Crippen LogP contribution in [0.1, 0.15) is 50.5 Å². The first-order valence-electron chi connectivity index (χ1n) is 10.1. The van der Waals surface area contributed by atoms with Crippen LogP contribution < -0.4 is 14.8 Å². The molecule has 4 nitrogen and oxygen atoms in total. The second kappa shape index (κ2) is 7.31. The fourth-order valence-electron chi connectivity index (χ4n) is 6.33. The Morgan fingerprint density at radius 3 is 2.48 bits per heavy atom. The number of nitrogens with one attached hydrogen (secondary N) is 1. The molecule has 148 valence electrons. The highest BCUT2D eigenvalue weighted by Gasteiger charge is 2.57. The van der Waals surface area contributed by atoms with E-state index in [-0.39, 0.29) is 11.3 Å². The van der Waals surface area contributed by atoms with Crippen molar-refractivity contribution in [1.29, 1.82) is 0 Å². The number of carbonyl (C=O) groups excluding carboxylic acids is 1. The molecular formula is C22H30BrNO3. The SMILES string of the molecule is COc1ccc(CCNC(=O)CC23CC4CC(CC(Br)(C4)C2)C3)cc1OC. The normalized spacial score (nSPS) is 33.7. The van der Waals surface area contributed by atoms with Gasteiger partial charge >= 0.3 is 0 Å². The molecule has 4 bridgehead atoms. The Bertz CT molecular complexity index is 706. The predicted molar refractivity (Wildman–Crippen MR) is 110 cm³/mol. The van der Waals surface area contributed by atoms with Crippen molar-refractivity contribution in [2.45, 2.75) is 55.7 Å². The van der Waals surface area contributed by atoms with Gasteiger partial charge < -0.3 is 14.8 Å². The highest BCUT2D eigenvalue weighted by Crippen LogP contribution is 2.65. The molecule has 4 aliphatic carbocycles. The summed E-state index contributed by atoms with van der Waals surface area (Å²) in [7, 11) is 3.28. The van der Waals surface area contributed by atoms with Crippen molar-refractivity contribution >= 4 is 21.8 Å². The highest BCUT2D eigenvalue weighted by atomic mass is 79.9. The standard InChI is InChI=1S/C22H30BrNO3/c1-26-18-4-3-15(8-19(18)27-2)5-6-24-20(25)13-21-9-16-7-17(10-21)12-22(23,11-16)14-21/h3-4,8,16-17H,5-7,9-14H2,1-2H3,(H,24,25). The maximum atomic E-state index is 12.7. The Labute approximate surface area is 170 Å². The van der Waals surface area contributed by atoms with Crippen LogP contribution in [0.3, 0.4) is 0 Å². The summed E-state index contributed by atoms with van der Waals surface area (Å²) in [5.41, 5.74) is 1.38. The van der Waals surface area contributed by atoms with Crippen LogP contribution in [0, 0.1) is 17.3 Å². The zero-order valence-electron chi connectivity index (χ0n) is 16.4. The number of methoxy groups -OCH3 is 2. The molecule has 2 unspecified atom stereocenters. The first-order chi connectivity index (χ1) is 12.9. The van der Waals surface area contributed by atoms with Crippen molar-refractivity contribution in [3.63, 3.8) is 0 Å². The third-order valence-electron chi connectivity index (χ3n) is 6.83. The van der Waals surface area contributed by atoms with Crippen LogP contribution in [-0.4, -0.2) is 31.0 Å². The maximum absolute atomic E-state index is 12.7. The molecule has 0 heterocycles. The molecule has 0 spiro atoms. The summed E-state index contributed by atoms with van der Waals surface area (Å²) < 4.78 is 11.0. The van der Waals surface area contributed by atoms with Gasteiger partial charge in [-0.1, -0.05) is 22.0 Å². The summed E-state index contributed by atoms with van der Waals surface area (Å²) in [5, 5.41) is 3.16. The van der Waals surface area contributed by atoms with E-state index in [4.69, 9.17) is 9.47 Å². The lowest BCUT2D eigenvalue weighted by Crippen LogP contribution is -2.54. The van der Waals surface area contributed by atoms with Gasteiger partial charge in [-0.15, -0.1) is 0 Å². The van der Waals surface area contributed by atoms with E-state index in [1.165, 1.54) is 38.5 Å². The first kappa shape index (κ1) is 19.1. The van der Waals surface area contributed by atoms with Crippen molar-refractivity contribution in [2.75, 3.05) is 20.8 Å². The molecule has 0 radical (unpaired) electrons. The molecule has 5 heteroatoms. The molecule has 1 N–H and O–H groups in total. The molecule has 1 aromatic carbocycles. The minimum absolute atomic E-state index is 0.216. The number of halogens is 1. The minimum Gasteiger partial charge on any atom is -0.493 e. The van der Waals surface area contributed by atoms with Crippen molar-refractivity contribution in [3.8, 4) is 11.5 Å². The summed E-state index contributed by atoms with van der Waals surface area (Å²) in [6, 6.07) is 5.93. The molecule has 0 saturated heterocycles. The number of rotatable bonds is 7. The van der Waals surface area contributed by atoms with Crippen molar-refractivity contribution in [2.24, 2.45) is 17.3 Å². The molecule has 27 heavy (non-hydrogen) atoms. The van der Waals surface area contributed by atoms with Gasteiger partial charge in [0.2, 0.25) is 5.91 Å². The summed E-state index contributed by atoms with van der Waals surface area (Å²) in [5.74, 6) is 3.33. The molecule has 2 atom stereocenters. The van der Waals surface area contributed by atoms with Crippen LogP contribution in [0.5, 0.6) is 11.5 Å². The Morgan fingerprint density at radius 1 is 1.15 bits per heavy atom. The average Bonchev–Trinajstić information content (AvgIpc) is 2.58. The molecule has 1 aromatic rings. The third-order valence-corrected chi connectivity index (χ3v) is 7.76. The van der Waals surface area contributed by atoms with Gasteiger partial charge in [-0.2, -0.15) is 0 Å². The van der Waals surface area contributed by atoms with Gasteiger partial charge in [0, 0.05) is 17.3 Å². The lowest BCUT2D eigenvalue weighted by atomic mass is 9.48. The maximum Gasteiger partial charge on any atom is 0.220 e. The van der Waals surface area contributed by atoms with Gasteiger partial charge in [-0.05, 0) is 79.9 Å². The zero-order valence-corrected chi connectivity index (χ0v) is 17.9. The summed E-state index contributed by atoms with van der Waals surface area (Å²) in [6.07, 6.45) is 9.18. The number of ether oxygens (including phenoxy) is 2. The molecule has 4 fully saturated rings. The Morgan fingerprint density at radius 2 is 1.85 bits per heavy atom. The lowest BCUT2D eigenvalue weighted by molar-refractivity contribution is -0.128. The first-order valence-corrected chi connectivity index (χ1v) is 10.9. The number of carbonyl (C=O) groups is 1. The highest BCUT2D eigenvalue weighted by molar-refractivity contribution is 9.10.